The first-order valence-electron chi connectivity index (χ1n) is 11.4. The Kier molecular flexibility index (Phi) is 8.54. The van der Waals surface area contributed by atoms with Gasteiger partial charge < -0.3 is 19.1 Å². The molecule has 1 amide bonds. The van der Waals surface area contributed by atoms with Crippen molar-refractivity contribution in [3.05, 3.63) is 65.2 Å². The van der Waals surface area contributed by atoms with E-state index >= 15 is 0 Å². The number of methoxy groups -OCH3 is 1. The fraction of sp³-hybridized carbons (Fsp3) is 0.296. The second-order valence-electron chi connectivity index (χ2n) is 8.34. The van der Waals surface area contributed by atoms with E-state index in [1.165, 1.54) is 57.5 Å². The van der Waals surface area contributed by atoms with Gasteiger partial charge in [0.05, 0.1) is 10.6 Å². The fourth-order valence-corrected chi connectivity index (χ4v) is 3.72. The highest BCUT2D eigenvalue weighted by molar-refractivity contribution is 6.32. The number of likely N-dealkylation sites (N-methyl/N-ethyl adjacent to an activating group) is 1. The van der Waals surface area contributed by atoms with Crippen LogP contribution in [0.2, 0.25) is 5.02 Å². The fourth-order valence-electron chi connectivity index (χ4n) is 3.56. The van der Waals surface area contributed by atoms with E-state index < -0.39 is 35.3 Å². The van der Waals surface area contributed by atoms with Gasteiger partial charge in [-0.3, -0.25) is 9.59 Å². The van der Waals surface area contributed by atoms with Crippen LogP contribution in [0.3, 0.4) is 0 Å². The molecule has 200 valence electrons. The van der Waals surface area contributed by atoms with Crippen molar-refractivity contribution in [1.29, 1.82) is 5.26 Å². The maximum atomic E-state index is 13.2. The van der Waals surface area contributed by atoms with E-state index in [4.69, 9.17) is 25.8 Å². The number of ketones is 1. The summed E-state index contributed by atoms with van der Waals surface area (Å²) in [6.45, 7) is 3.05. The van der Waals surface area contributed by atoms with E-state index in [-0.39, 0.29) is 22.9 Å². The topological polar surface area (TPSA) is 88.9 Å². The van der Waals surface area contributed by atoms with Crippen molar-refractivity contribution in [3.8, 4) is 23.3 Å². The van der Waals surface area contributed by atoms with Crippen LogP contribution in [0.1, 0.15) is 25.8 Å². The minimum absolute atomic E-state index is 0.00862. The minimum atomic E-state index is -4.46. The average Bonchev–Trinajstić information content (AvgIpc) is 2.90. The number of halogens is 4. The molecule has 0 aliphatic heterocycles. The maximum Gasteiger partial charge on any atom is 0.416 e. The quantitative estimate of drug-likeness (QED) is 0.228. The molecule has 3 aromatic rings. The van der Waals surface area contributed by atoms with Gasteiger partial charge in [-0.25, -0.2) is 0 Å². The smallest absolute Gasteiger partial charge is 0.416 e. The van der Waals surface area contributed by atoms with Gasteiger partial charge in [0, 0.05) is 26.6 Å². The van der Waals surface area contributed by atoms with Crippen LogP contribution in [0.15, 0.2) is 54.6 Å². The number of hydrogen-bond donors (Lipinski definition) is 0. The third-order valence-corrected chi connectivity index (χ3v) is 6.23. The third-order valence-electron chi connectivity index (χ3n) is 5.92. The molecular weight excluding hydrogens is 525 g/mol. The van der Waals surface area contributed by atoms with Crippen molar-refractivity contribution in [2.75, 3.05) is 14.2 Å². The largest absolute Gasteiger partial charge is 0.457 e. The SMILES string of the molecule is CCC(=O)C(C#N)(Oc1cc(Oc2ccc3cc(C(F)(F)F)ccc3c2)ccc1Cl)C(=O)N(C)C(C)OC. The number of ether oxygens (including phenoxy) is 3. The predicted molar refractivity (Wildman–Crippen MR) is 134 cm³/mol. The molecule has 7 nitrogen and oxygen atoms in total. The van der Waals surface area contributed by atoms with E-state index in [1.54, 1.807) is 19.1 Å². The number of carbonyl (C=O) groups is 2. The third kappa shape index (κ3) is 5.85. The van der Waals surface area contributed by atoms with Gasteiger partial charge in [0.25, 0.3) is 5.91 Å². The van der Waals surface area contributed by atoms with Gasteiger partial charge >= 0.3 is 11.8 Å². The summed E-state index contributed by atoms with van der Waals surface area (Å²) in [5.74, 6) is -1.40. The molecule has 0 spiro atoms. The summed E-state index contributed by atoms with van der Waals surface area (Å²) >= 11 is 6.27. The van der Waals surface area contributed by atoms with Gasteiger partial charge in [-0.2, -0.15) is 18.4 Å². The molecule has 0 radical (unpaired) electrons. The summed E-state index contributed by atoms with van der Waals surface area (Å²) in [5.41, 5.74) is -3.29. The molecule has 2 unspecified atom stereocenters. The Labute approximate surface area is 222 Å². The van der Waals surface area contributed by atoms with Crippen molar-refractivity contribution < 1.29 is 37.0 Å². The number of Topliss-reactive ketones (excluding diaryl/α,β-unsaturated/α-hetero) is 1. The number of fused-ring (bicyclic) bond motifs is 1. The lowest BCUT2D eigenvalue weighted by Crippen LogP contribution is -2.58. The molecule has 0 saturated heterocycles. The van der Waals surface area contributed by atoms with Gasteiger partial charge in [0.15, 0.2) is 0 Å². The molecule has 0 N–H and O–H groups in total. The standard InChI is InChI=1S/C27H24ClF3N2O5/c1-5-24(34)26(15-32,25(35)33(3)16(2)36-4)38-23-14-21(10-11-22(23)28)37-20-9-7-17-12-19(27(29,30)31)8-6-18(17)13-20/h6-14,16H,5H2,1-4H3. The number of rotatable bonds is 9. The number of hydrogen-bond acceptors (Lipinski definition) is 6. The minimum Gasteiger partial charge on any atom is -0.457 e. The Bertz CT molecular complexity index is 1410. The van der Waals surface area contributed by atoms with Crippen LogP contribution < -0.4 is 9.47 Å². The lowest BCUT2D eigenvalue weighted by molar-refractivity contribution is -0.158. The molecule has 0 aromatic heterocycles. The zero-order valence-corrected chi connectivity index (χ0v) is 21.7. The molecule has 11 heteroatoms. The Hall–Kier alpha value is -3.81. The lowest BCUT2D eigenvalue weighted by Gasteiger charge is -2.32. The van der Waals surface area contributed by atoms with Crippen LogP contribution in [0.25, 0.3) is 10.8 Å². The number of alkyl halides is 3. The Morgan fingerprint density at radius 1 is 1.05 bits per heavy atom. The lowest BCUT2D eigenvalue weighted by atomic mass is 9.95. The summed E-state index contributed by atoms with van der Waals surface area (Å²) in [6.07, 6.45) is -5.39. The first kappa shape index (κ1) is 28.8. The number of carbonyl (C=O) groups excluding carboxylic acids is 2. The average molecular weight is 549 g/mol. The van der Waals surface area contributed by atoms with Crippen LogP contribution in [0, 0.1) is 11.3 Å². The van der Waals surface area contributed by atoms with E-state index in [0.29, 0.717) is 16.5 Å². The van der Waals surface area contributed by atoms with Gasteiger partial charge in [-0.1, -0.05) is 30.7 Å². The zero-order chi connectivity index (χ0) is 28.3. The zero-order valence-electron chi connectivity index (χ0n) is 20.9. The molecule has 0 heterocycles. The molecule has 0 saturated carbocycles. The van der Waals surface area contributed by atoms with Crippen LogP contribution in [-0.4, -0.2) is 42.6 Å². The summed E-state index contributed by atoms with van der Waals surface area (Å²) in [7, 11) is 2.73. The van der Waals surface area contributed by atoms with Crippen molar-refractivity contribution in [3.63, 3.8) is 0 Å². The summed E-state index contributed by atoms with van der Waals surface area (Å²) in [5, 5.41) is 10.8. The normalized spacial score (nSPS) is 13.8. The monoisotopic (exact) mass is 548 g/mol. The second kappa shape index (κ2) is 11.3. The molecule has 2 atom stereocenters. The Morgan fingerprint density at radius 3 is 2.26 bits per heavy atom. The first-order valence-corrected chi connectivity index (χ1v) is 11.8. The molecule has 0 aliphatic carbocycles. The van der Waals surface area contributed by atoms with Crippen molar-refractivity contribution in [2.45, 2.75) is 38.3 Å². The van der Waals surface area contributed by atoms with Gasteiger partial charge in [-0.05, 0) is 54.1 Å². The van der Waals surface area contributed by atoms with Crippen molar-refractivity contribution in [2.24, 2.45) is 0 Å². The molecule has 38 heavy (non-hydrogen) atoms. The van der Waals surface area contributed by atoms with Crippen LogP contribution in [0.4, 0.5) is 13.2 Å². The highest BCUT2D eigenvalue weighted by Gasteiger charge is 2.51. The van der Waals surface area contributed by atoms with Gasteiger partial charge in [0.1, 0.15) is 29.5 Å². The number of amides is 1. The van der Waals surface area contributed by atoms with Crippen molar-refractivity contribution in [1.82, 2.24) is 4.90 Å². The van der Waals surface area contributed by atoms with E-state index in [1.807, 2.05) is 0 Å². The van der Waals surface area contributed by atoms with Gasteiger partial charge in [-0.15, -0.1) is 0 Å². The Balaban J connectivity index is 1.95. The number of benzene rings is 3. The number of nitriles is 1. The molecule has 0 fully saturated rings. The highest BCUT2D eigenvalue weighted by atomic mass is 35.5. The second-order valence-corrected chi connectivity index (χ2v) is 8.75. The maximum absolute atomic E-state index is 13.2. The molecule has 0 aliphatic rings. The molecule has 0 bridgehead atoms. The molecule has 3 aromatic carbocycles. The summed E-state index contributed by atoms with van der Waals surface area (Å²) < 4.78 is 55.7. The van der Waals surface area contributed by atoms with E-state index in [2.05, 4.69) is 0 Å². The van der Waals surface area contributed by atoms with Gasteiger partial charge in [0.2, 0.25) is 5.78 Å². The molecular formula is C27H24ClF3N2O5. The first-order chi connectivity index (χ1) is 17.9. The summed E-state index contributed by atoms with van der Waals surface area (Å²) in [6, 6.07) is 13.8. The van der Waals surface area contributed by atoms with E-state index in [0.717, 1.165) is 17.0 Å². The van der Waals surface area contributed by atoms with E-state index in [9.17, 15) is 28.0 Å². The van der Waals surface area contributed by atoms with Crippen LogP contribution in [0.5, 0.6) is 17.2 Å². The Morgan fingerprint density at radius 2 is 1.66 bits per heavy atom. The molecule has 3 rings (SSSR count). The van der Waals surface area contributed by atoms with Crippen molar-refractivity contribution >= 4 is 34.1 Å². The van der Waals surface area contributed by atoms with Crippen LogP contribution in [-0.2, 0) is 20.5 Å². The highest BCUT2D eigenvalue weighted by Crippen LogP contribution is 2.36. The van der Waals surface area contributed by atoms with Crippen LogP contribution >= 0.6 is 11.6 Å². The number of nitrogens with zero attached hydrogens (tertiary/aromatic N) is 2. The summed E-state index contributed by atoms with van der Waals surface area (Å²) in [4.78, 5) is 27.1. The predicted octanol–water partition coefficient (Wildman–Crippen LogP) is 6.38.